The van der Waals surface area contributed by atoms with Gasteiger partial charge in [-0.3, -0.25) is 14.4 Å². The molecule has 0 aromatic heterocycles. The summed E-state index contributed by atoms with van der Waals surface area (Å²) in [6, 6.07) is -1.33. The number of ether oxygens (including phenoxy) is 1. The van der Waals surface area contributed by atoms with E-state index in [-0.39, 0.29) is 30.4 Å². The van der Waals surface area contributed by atoms with E-state index in [1.165, 1.54) is 4.90 Å². The maximum Gasteiger partial charge on any atom is 0.246 e. The minimum atomic E-state index is -1.00. The maximum absolute atomic E-state index is 13.4. The lowest BCUT2D eigenvalue weighted by Gasteiger charge is -2.38. The highest BCUT2D eigenvalue weighted by Gasteiger charge is 2.75. The van der Waals surface area contributed by atoms with Crippen LogP contribution in [0.1, 0.15) is 47.0 Å². The number of aliphatic hydroxyl groups is 1. The Morgan fingerprint density at radius 1 is 1.37 bits per heavy atom. The van der Waals surface area contributed by atoms with Crippen LogP contribution in [0.25, 0.3) is 0 Å². The third kappa shape index (κ3) is 2.93. The second kappa shape index (κ2) is 6.74. The van der Waals surface area contributed by atoms with Crippen LogP contribution in [0.5, 0.6) is 0 Å². The van der Waals surface area contributed by atoms with Crippen molar-refractivity contribution in [3.05, 3.63) is 0 Å². The number of fused-ring (bicyclic) bond motifs is 1. The number of nitrogens with zero attached hydrogens (tertiary/aromatic N) is 1. The average molecular weight is 381 g/mol. The lowest BCUT2D eigenvalue weighted by molar-refractivity contribution is -0.146. The molecular weight excluding hydrogens is 350 g/mol. The van der Waals surface area contributed by atoms with Gasteiger partial charge in [-0.1, -0.05) is 6.92 Å². The summed E-state index contributed by atoms with van der Waals surface area (Å²) < 4.78 is 6.24. The van der Waals surface area contributed by atoms with Gasteiger partial charge >= 0.3 is 0 Å². The smallest absolute Gasteiger partial charge is 0.246 e. The molecule has 8 heteroatoms. The number of likely N-dealkylation sites (tertiary alicyclic amines) is 1. The highest BCUT2D eigenvalue weighted by molar-refractivity contribution is 5.99. The summed E-state index contributed by atoms with van der Waals surface area (Å²) in [6.07, 6.45) is 1.37. The molecule has 27 heavy (non-hydrogen) atoms. The summed E-state index contributed by atoms with van der Waals surface area (Å²) >= 11 is 0. The predicted octanol–water partition coefficient (Wildman–Crippen LogP) is -0.207. The van der Waals surface area contributed by atoms with Crippen LogP contribution in [0, 0.1) is 11.8 Å². The molecule has 3 N–H and O–H groups in total. The quantitative estimate of drug-likeness (QED) is 0.611. The van der Waals surface area contributed by atoms with Crippen molar-refractivity contribution >= 4 is 17.7 Å². The number of aliphatic hydroxyl groups excluding tert-OH is 1. The molecule has 0 aliphatic carbocycles. The van der Waals surface area contributed by atoms with E-state index < -0.39 is 35.1 Å². The first kappa shape index (κ1) is 20.1. The van der Waals surface area contributed by atoms with Crippen LogP contribution < -0.4 is 10.6 Å². The summed E-state index contributed by atoms with van der Waals surface area (Å²) in [5, 5.41) is 15.4. The molecule has 3 aliphatic heterocycles. The first-order chi connectivity index (χ1) is 12.6. The highest BCUT2D eigenvalue weighted by atomic mass is 16.5. The molecule has 2 unspecified atom stereocenters. The highest BCUT2D eigenvalue weighted by Crippen LogP contribution is 2.58. The van der Waals surface area contributed by atoms with Gasteiger partial charge < -0.3 is 25.4 Å². The normalized spacial score (nSPS) is 35.9. The van der Waals surface area contributed by atoms with Crippen molar-refractivity contribution in [2.75, 3.05) is 13.7 Å². The van der Waals surface area contributed by atoms with Crippen molar-refractivity contribution in [1.29, 1.82) is 0 Å². The molecule has 3 rings (SSSR count). The molecule has 0 saturated carbocycles. The van der Waals surface area contributed by atoms with E-state index in [4.69, 9.17) is 4.74 Å². The number of carbonyl (C=O) groups is 3. The molecule has 3 amide bonds. The number of carbonyl (C=O) groups excluding carboxylic acids is 3. The Hall–Kier alpha value is -1.67. The molecule has 8 nitrogen and oxygen atoms in total. The zero-order valence-corrected chi connectivity index (χ0v) is 16.7. The molecule has 3 saturated heterocycles. The lowest BCUT2D eigenvalue weighted by atomic mass is 9.70. The zero-order chi connectivity index (χ0) is 20.1. The van der Waals surface area contributed by atoms with Crippen LogP contribution in [0.4, 0.5) is 0 Å². The molecule has 1 spiro atoms. The van der Waals surface area contributed by atoms with Gasteiger partial charge in [0.05, 0.1) is 30.6 Å². The molecule has 152 valence electrons. The fourth-order valence-electron chi connectivity index (χ4n) is 5.10. The van der Waals surface area contributed by atoms with Gasteiger partial charge in [0.2, 0.25) is 17.7 Å². The largest absolute Gasteiger partial charge is 0.394 e. The number of rotatable bonds is 5. The van der Waals surface area contributed by atoms with Crippen LogP contribution in [0.2, 0.25) is 0 Å². The molecule has 2 bridgehead atoms. The van der Waals surface area contributed by atoms with E-state index in [0.717, 1.165) is 0 Å². The van der Waals surface area contributed by atoms with E-state index in [1.807, 2.05) is 27.7 Å². The van der Waals surface area contributed by atoms with E-state index in [2.05, 4.69) is 10.6 Å². The van der Waals surface area contributed by atoms with Crippen molar-refractivity contribution < 1.29 is 24.2 Å². The maximum atomic E-state index is 13.4. The molecule has 0 aromatic rings. The number of nitrogens with one attached hydrogen (secondary N) is 2. The Morgan fingerprint density at radius 2 is 2.04 bits per heavy atom. The van der Waals surface area contributed by atoms with Crippen LogP contribution in [-0.2, 0) is 19.1 Å². The van der Waals surface area contributed by atoms with E-state index in [9.17, 15) is 19.5 Å². The Kier molecular flexibility index (Phi) is 5.01. The number of amides is 3. The first-order valence-corrected chi connectivity index (χ1v) is 9.75. The van der Waals surface area contributed by atoms with Gasteiger partial charge in [0.15, 0.2) is 0 Å². The molecule has 6 atom stereocenters. The first-order valence-electron chi connectivity index (χ1n) is 9.75. The Morgan fingerprint density at radius 3 is 2.56 bits per heavy atom. The molecule has 0 aromatic carbocycles. The predicted molar refractivity (Wildman–Crippen MR) is 97.6 cm³/mol. The lowest BCUT2D eigenvalue weighted by Crippen LogP contribution is -2.60. The van der Waals surface area contributed by atoms with Gasteiger partial charge in [0.1, 0.15) is 11.6 Å². The van der Waals surface area contributed by atoms with Crippen molar-refractivity contribution in [1.82, 2.24) is 15.5 Å². The van der Waals surface area contributed by atoms with Crippen LogP contribution >= 0.6 is 0 Å². The minimum absolute atomic E-state index is 0.228. The van der Waals surface area contributed by atoms with Gasteiger partial charge in [-0.2, -0.15) is 0 Å². The van der Waals surface area contributed by atoms with Gasteiger partial charge in [0, 0.05) is 12.6 Å². The third-order valence-electron chi connectivity index (χ3n) is 6.11. The van der Waals surface area contributed by atoms with Crippen molar-refractivity contribution in [2.24, 2.45) is 11.8 Å². The van der Waals surface area contributed by atoms with Gasteiger partial charge in [-0.05, 0) is 40.0 Å². The molecule has 3 heterocycles. The van der Waals surface area contributed by atoms with Crippen molar-refractivity contribution in [2.45, 2.75) is 76.3 Å². The summed E-state index contributed by atoms with van der Waals surface area (Å²) in [7, 11) is 1.55. The van der Waals surface area contributed by atoms with Gasteiger partial charge in [-0.15, -0.1) is 0 Å². The summed E-state index contributed by atoms with van der Waals surface area (Å²) in [4.78, 5) is 40.7. The molecular formula is C19H31N3O5. The van der Waals surface area contributed by atoms with Gasteiger partial charge in [-0.25, -0.2) is 0 Å². The van der Waals surface area contributed by atoms with Crippen LogP contribution in [0.15, 0.2) is 0 Å². The van der Waals surface area contributed by atoms with Crippen molar-refractivity contribution in [3.8, 4) is 0 Å². The fraction of sp³-hybridized carbons (Fsp3) is 0.842. The Balaban J connectivity index is 2.06. The van der Waals surface area contributed by atoms with E-state index in [1.54, 1.807) is 7.05 Å². The molecule has 3 aliphatic rings. The van der Waals surface area contributed by atoms with Crippen LogP contribution in [-0.4, -0.2) is 70.7 Å². The summed E-state index contributed by atoms with van der Waals surface area (Å²) in [5.41, 5.74) is -1.48. The standard InChI is InChI=1S/C19H31N3O5/c1-6-10(9-23)22-14(16(25)21-18(2,3)4)19-8-7-11(27-19)12(15(24)20-5)13(19)17(22)26/h10-14,23H,6-9H2,1-5H3,(H,20,24)(H,21,25)/t10-,11+,12-,13-,14?,19?/m0/s1. The SMILES string of the molecule is CC[C@@H](CO)N1C(=O)[C@@H]2[C@@H](C(=O)NC)[C@H]3CCC2(O3)C1C(=O)NC(C)(C)C. The van der Waals surface area contributed by atoms with E-state index in [0.29, 0.717) is 19.3 Å². The second-order valence-corrected chi connectivity index (χ2v) is 8.90. The number of hydrogen-bond acceptors (Lipinski definition) is 5. The molecule has 3 fully saturated rings. The van der Waals surface area contributed by atoms with Crippen molar-refractivity contribution in [3.63, 3.8) is 0 Å². The monoisotopic (exact) mass is 381 g/mol. The summed E-state index contributed by atoms with van der Waals surface area (Å²) in [6.45, 7) is 7.27. The summed E-state index contributed by atoms with van der Waals surface area (Å²) in [5.74, 6) is -2.06. The Labute approximate surface area is 160 Å². The van der Waals surface area contributed by atoms with Crippen LogP contribution in [0.3, 0.4) is 0 Å². The second-order valence-electron chi connectivity index (χ2n) is 8.90. The fourth-order valence-corrected chi connectivity index (χ4v) is 5.10. The topological polar surface area (TPSA) is 108 Å². The molecule has 0 radical (unpaired) electrons. The number of hydrogen-bond donors (Lipinski definition) is 3. The van der Waals surface area contributed by atoms with Gasteiger partial charge in [0.25, 0.3) is 0 Å². The minimum Gasteiger partial charge on any atom is -0.394 e. The average Bonchev–Trinajstić information content (AvgIpc) is 3.22. The zero-order valence-electron chi connectivity index (χ0n) is 16.7. The Bertz CT molecular complexity index is 642. The third-order valence-corrected chi connectivity index (χ3v) is 6.11. The van der Waals surface area contributed by atoms with E-state index >= 15 is 0 Å².